The number of anilines is 2. The molecule has 0 aliphatic heterocycles. The lowest BCUT2D eigenvalue weighted by molar-refractivity contribution is 0.102. The highest BCUT2D eigenvalue weighted by Gasteiger charge is 2.09. The van der Waals surface area contributed by atoms with Crippen molar-refractivity contribution in [1.29, 1.82) is 0 Å². The van der Waals surface area contributed by atoms with Gasteiger partial charge in [-0.2, -0.15) is 0 Å². The maximum atomic E-state index is 11.9. The predicted molar refractivity (Wildman–Crippen MR) is 72.5 cm³/mol. The molecule has 0 saturated carbocycles. The standard InChI is InChI=1S/C14H15N3O/c1-9-7-10(2)13(8-11(9)15)17-14(18)12-5-3-4-6-16-12/h3-8H,15H2,1-2H3,(H,17,18). The number of carbonyl (C=O) groups is 1. The van der Waals surface area contributed by atoms with Crippen LogP contribution >= 0.6 is 0 Å². The molecule has 0 saturated heterocycles. The molecule has 2 aromatic rings. The second kappa shape index (κ2) is 4.87. The van der Waals surface area contributed by atoms with E-state index in [0.717, 1.165) is 11.1 Å². The van der Waals surface area contributed by atoms with Gasteiger partial charge in [0.2, 0.25) is 0 Å². The average Bonchev–Trinajstić information content (AvgIpc) is 2.37. The van der Waals surface area contributed by atoms with Crippen LogP contribution < -0.4 is 11.1 Å². The molecule has 0 aliphatic rings. The first kappa shape index (κ1) is 12.1. The van der Waals surface area contributed by atoms with E-state index in [9.17, 15) is 4.79 Å². The molecule has 0 atom stereocenters. The Labute approximate surface area is 106 Å². The van der Waals surface area contributed by atoms with Gasteiger partial charge in [-0.25, -0.2) is 0 Å². The Hall–Kier alpha value is -2.36. The molecule has 4 nitrogen and oxygen atoms in total. The number of benzene rings is 1. The summed E-state index contributed by atoms with van der Waals surface area (Å²) in [4.78, 5) is 15.9. The number of aromatic nitrogens is 1. The SMILES string of the molecule is Cc1cc(C)c(NC(=O)c2ccccn2)cc1N. The van der Waals surface area contributed by atoms with Crippen molar-refractivity contribution in [1.82, 2.24) is 4.98 Å². The van der Waals surface area contributed by atoms with Gasteiger partial charge in [0.15, 0.2) is 0 Å². The molecule has 0 aliphatic carbocycles. The molecular formula is C14H15N3O. The zero-order valence-corrected chi connectivity index (χ0v) is 10.4. The number of hydrogen-bond donors (Lipinski definition) is 2. The van der Waals surface area contributed by atoms with E-state index in [1.54, 1.807) is 30.5 Å². The average molecular weight is 241 g/mol. The minimum Gasteiger partial charge on any atom is -0.398 e. The second-order valence-electron chi connectivity index (χ2n) is 4.19. The van der Waals surface area contributed by atoms with Crippen LogP contribution in [0.1, 0.15) is 21.6 Å². The van der Waals surface area contributed by atoms with E-state index in [0.29, 0.717) is 17.1 Å². The van der Waals surface area contributed by atoms with E-state index in [1.807, 2.05) is 19.9 Å². The van der Waals surface area contributed by atoms with Crippen molar-refractivity contribution in [2.75, 3.05) is 11.1 Å². The van der Waals surface area contributed by atoms with E-state index in [-0.39, 0.29) is 5.91 Å². The summed E-state index contributed by atoms with van der Waals surface area (Å²) >= 11 is 0. The highest BCUT2D eigenvalue weighted by molar-refractivity contribution is 6.03. The van der Waals surface area contributed by atoms with Gasteiger partial charge in [0.1, 0.15) is 5.69 Å². The summed E-state index contributed by atoms with van der Waals surface area (Å²) in [7, 11) is 0. The summed E-state index contributed by atoms with van der Waals surface area (Å²) in [5, 5.41) is 2.81. The minimum atomic E-state index is -0.234. The Morgan fingerprint density at radius 3 is 2.67 bits per heavy atom. The van der Waals surface area contributed by atoms with Crippen molar-refractivity contribution < 1.29 is 4.79 Å². The van der Waals surface area contributed by atoms with Gasteiger partial charge in [-0.1, -0.05) is 12.1 Å². The third-order valence-electron chi connectivity index (χ3n) is 2.76. The first-order valence-electron chi connectivity index (χ1n) is 5.67. The summed E-state index contributed by atoms with van der Waals surface area (Å²) in [6.45, 7) is 3.87. The van der Waals surface area contributed by atoms with Gasteiger partial charge in [0, 0.05) is 17.6 Å². The van der Waals surface area contributed by atoms with Crippen LogP contribution in [0.5, 0.6) is 0 Å². The van der Waals surface area contributed by atoms with Crippen LogP contribution in [-0.4, -0.2) is 10.9 Å². The molecular weight excluding hydrogens is 226 g/mol. The van der Waals surface area contributed by atoms with Crippen LogP contribution in [0.2, 0.25) is 0 Å². The van der Waals surface area contributed by atoms with Gasteiger partial charge in [0.25, 0.3) is 5.91 Å². The second-order valence-corrected chi connectivity index (χ2v) is 4.19. The maximum Gasteiger partial charge on any atom is 0.274 e. The molecule has 3 N–H and O–H groups in total. The smallest absolute Gasteiger partial charge is 0.274 e. The summed E-state index contributed by atoms with van der Waals surface area (Å²) in [6, 6.07) is 8.93. The van der Waals surface area contributed by atoms with Crippen LogP contribution in [0.4, 0.5) is 11.4 Å². The molecule has 92 valence electrons. The Morgan fingerprint density at radius 2 is 2.00 bits per heavy atom. The fourth-order valence-corrected chi connectivity index (χ4v) is 1.69. The molecule has 18 heavy (non-hydrogen) atoms. The number of rotatable bonds is 2. The third-order valence-corrected chi connectivity index (χ3v) is 2.76. The molecule has 1 aromatic carbocycles. The fourth-order valence-electron chi connectivity index (χ4n) is 1.69. The number of amides is 1. The van der Waals surface area contributed by atoms with E-state index in [1.165, 1.54) is 0 Å². The number of nitrogens with zero attached hydrogens (tertiary/aromatic N) is 1. The Kier molecular flexibility index (Phi) is 3.28. The predicted octanol–water partition coefficient (Wildman–Crippen LogP) is 2.53. The molecule has 0 unspecified atom stereocenters. The molecule has 1 aromatic heterocycles. The molecule has 1 amide bonds. The number of hydrogen-bond acceptors (Lipinski definition) is 3. The minimum absolute atomic E-state index is 0.234. The van der Waals surface area contributed by atoms with Crippen LogP contribution in [-0.2, 0) is 0 Å². The zero-order valence-electron chi connectivity index (χ0n) is 10.4. The Balaban J connectivity index is 2.25. The van der Waals surface area contributed by atoms with Crippen molar-refractivity contribution >= 4 is 17.3 Å². The number of aryl methyl sites for hydroxylation is 2. The third kappa shape index (κ3) is 2.48. The summed E-state index contributed by atoms with van der Waals surface area (Å²) in [5.41, 5.74) is 9.58. The van der Waals surface area contributed by atoms with E-state index in [2.05, 4.69) is 10.3 Å². The highest BCUT2D eigenvalue weighted by Crippen LogP contribution is 2.22. The molecule has 4 heteroatoms. The summed E-state index contributed by atoms with van der Waals surface area (Å²) < 4.78 is 0. The van der Waals surface area contributed by atoms with Gasteiger partial charge in [-0.3, -0.25) is 9.78 Å². The van der Waals surface area contributed by atoms with Crippen molar-refractivity contribution in [2.45, 2.75) is 13.8 Å². The van der Waals surface area contributed by atoms with Crippen LogP contribution in [0.15, 0.2) is 36.5 Å². The van der Waals surface area contributed by atoms with Crippen molar-refractivity contribution in [3.63, 3.8) is 0 Å². The van der Waals surface area contributed by atoms with E-state index >= 15 is 0 Å². The van der Waals surface area contributed by atoms with Crippen LogP contribution in [0.25, 0.3) is 0 Å². The highest BCUT2D eigenvalue weighted by atomic mass is 16.1. The van der Waals surface area contributed by atoms with E-state index in [4.69, 9.17) is 5.73 Å². The topological polar surface area (TPSA) is 68.0 Å². The number of carbonyl (C=O) groups excluding carboxylic acids is 1. The Morgan fingerprint density at radius 1 is 1.22 bits per heavy atom. The lowest BCUT2D eigenvalue weighted by atomic mass is 10.1. The largest absolute Gasteiger partial charge is 0.398 e. The number of pyridine rings is 1. The summed E-state index contributed by atoms with van der Waals surface area (Å²) in [5.74, 6) is -0.234. The van der Waals surface area contributed by atoms with Gasteiger partial charge < -0.3 is 11.1 Å². The molecule has 0 radical (unpaired) electrons. The fraction of sp³-hybridized carbons (Fsp3) is 0.143. The molecule has 0 bridgehead atoms. The molecule has 0 spiro atoms. The first-order chi connectivity index (χ1) is 8.58. The Bertz CT molecular complexity index is 579. The molecule has 2 rings (SSSR count). The molecule has 1 heterocycles. The van der Waals surface area contributed by atoms with Crippen molar-refractivity contribution in [3.8, 4) is 0 Å². The van der Waals surface area contributed by atoms with Gasteiger partial charge >= 0.3 is 0 Å². The van der Waals surface area contributed by atoms with Crippen molar-refractivity contribution in [3.05, 3.63) is 53.3 Å². The number of nitrogens with one attached hydrogen (secondary N) is 1. The monoisotopic (exact) mass is 241 g/mol. The van der Waals surface area contributed by atoms with Crippen molar-refractivity contribution in [2.24, 2.45) is 0 Å². The normalized spacial score (nSPS) is 10.1. The first-order valence-corrected chi connectivity index (χ1v) is 5.67. The summed E-state index contributed by atoms with van der Waals surface area (Å²) in [6.07, 6.45) is 1.59. The zero-order chi connectivity index (χ0) is 13.1. The maximum absolute atomic E-state index is 11.9. The van der Waals surface area contributed by atoms with E-state index < -0.39 is 0 Å². The van der Waals surface area contributed by atoms with Gasteiger partial charge in [-0.15, -0.1) is 0 Å². The lowest BCUT2D eigenvalue weighted by Crippen LogP contribution is -2.14. The van der Waals surface area contributed by atoms with Crippen LogP contribution in [0.3, 0.4) is 0 Å². The molecule has 0 fully saturated rings. The van der Waals surface area contributed by atoms with Gasteiger partial charge in [-0.05, 0) is 43.2 Å². The quantitative estimate of drug-likeness (QED) is 0.794. The van der Waals surface area contributed by atoms with Gasteiger partial charge in [0.05, 0.1) is 0 Å². The number of nitrogen functional groups attached to an aromatic ring is 1. The van der Waals surface area contributed by atoms with Crippen LogP contribution in [0, 0.1) is 13.8 Å². The number of nitrogens with two attached hydrogens (primary N) is 1. The lowest BCUT2D eigenvalue weighted by Gasteiger charge is -2.10.